The summed E-state index contributed by atoms with van der Waals surface area (Å²) < 4.78 is 0. The van der Waals surface area contributed by atoms with E-state index < -0.39 is 0 Å². The SMILES string of the molecule is C/C(=N/c1c(C)cccc1C(C)C)C(=O)/C(C)=N/c1c(C)cccc1C(C)C.[Br-].[Br-].[Ni+2]. The van der Waals surface area contributed by atoms with E-state index in [4.69, 9.17) is 9.98 Å². The first kappa shape index (κ1) is 32.1. The second-order valence-electron chi connectivity index (χ2n) is 8.06. The molecule has 3 nitrogen and oxygen atoms in total. The number of Topliss-reactive ketones (excluding diaryl/α,β-unsaturated/α-hetero) is 1. The molecule has 0 fully saturated rings. The molecule has 0 unspecified atom stereocenters. The van der Waals surface area contributed by atoms with E-state index in [1.165, 1.54) is 0 Å². The van der Waals surface area contributed by atoms with E-state index in [0.29, 0.717) is 23.3 Å². The minimum atomic E-state index is -0.115. The molecule has 0 spiro atoms. The molecule has 0 aromatic heterocycles. The van der Waals surface area contributed by atoms with Gasteiger partial charge in [-0.05, 0) is 61.8 Å². The summed E-state index contributed by atoms with van der Waals surface area (Å²) in [7, 11) is 0. The van der Waals surface area contributed by atoms with Crippen molar-refractivity contribution in [2.75, 3.05) is 0 Å². The van der Waals surface area contributed by atoms with Crippen LogP contribution in [-0.2, 0) is 21.3 Å². The molecule has 0 aliphatic heterocycles. The van der Waals surface area contributed by atoms with E-state index in [9.17, 15) is 4.79 Å². The number of aliphatic imine (C=N–C) groups is 2. The number of carbonyl (C=O) groups excluding carboxylic acids is 1. The van der Waals surface area contributed by atoms with Gasteiger partial charge in [-0.25, -0.2) is 9.98 Å². The van der Waals surface area contributed by atoms with Crippen molar-refractivity contribution in [3.63, 3.8) is 0 Å². The predicted molar refractivity (Wildman–Crippen MR) is 121 cm³/mol. The van der Waals surface area contributed by atoms with Crippen LogP contribution >= 0.6 is 0 Å². The summed E-state index contributed by atoms with van der Waals surface area (Å²) in [5.74, 6) is 0.574. The van der Waals surface area contributed by atoms with Gasteiger partial charge in [0.1, 0.15) is 0 Å². The second-order valence-corrected chi connectivity index (χ2v) is 8.06. The molecule has 0 aliphatic carbocycles. The summed E-state index contributed by atoms with van der Waals surface area (Å²) in [4.78, 5) is 22.4. The Morgan fingerprint density at radius 2 is 1.03 bits per heavy atom. The van der Waals surface area contributed by atoms with Crippen LogP contribution in [0.3, 0.4) is 0 Å². The molecule has 0 saturated heterocycles. The third-order valence-electron chi connectivity index (χ3n) is 5.00. The Labute approximate surface area is 218 Å². The number of rotatable bonds is 6. The Hall–Kier alpha value is -1.10. The molecule has 0 saturated carbocycles. The number of nitrogens with zero attached hydrogens (tertiary/aromatic N) is 2. The number of ketones is 1. The summed E-state index contributed by atoms with van der Waals surface area (Å²) in [6.07, 6.45) is 0. The van der Waals surface area contributed by atoms with Gasteiger partial charge in [-0.2, -0.15) is 0 Å². The third kappa shape index (κ3) is 8.07. The Balaban J connectivity index is 0. The normalized spacial score (nSPS) is 11.5. The zero-order valence-corrected chi connectivity index (χ0v) is 23.7. The molecule has 0 bridgehead atoms. The van der Waals surface area contributed by atoms with Gasteiger partial charge >= 0.3 is 16.5 Å². The van der Waals surface area contributed by atoms with Crippen molar-refractivity contribution in [3.8, 4) is 0 Å². The van der Waals surface area contributed by atoms with Gasteiger partial charge in [-0.3, -0.25) is 4.79 Å². The fraction of sp³-hybridized carbons (Fsp3) is 0.400. The number of halogens is 2. The summed E-state index contributed by atoms with van der Waals surface area (Å²) >= 11 is 0. The van der Waals surface area contributed by atoms with Gasteiger partial charge in [0.2, 0.25) is 5.78 Å². The maximum absolute atomic E-state index is 13.0. The van der Waals surface area contributed by atoms with Crippen molar-refractivity contribution in [1.82, 2.24) is 0 Å². The molecule has 31 heavy (non-hydrogen) atoms. The van der Waals surface area contributed by atoms with Gasteiger partial charge in [0.05, 0.1) is 22.8 Å². The average molecular weight is 595 g/mol. The zero-order chi connectivity index (χ0) is 21.0. The smallest absolute Gasteiger partial charge is 1.00 e. The molecule has 2 aromatic carbocycles. The van der Waals surface area contributed by atoms with E-state index in [1.807, 2.05) is 38.1 Å². The number of hydrogen-bond acceptors (Lipinski definition) is 3. The van der Waals surface area contributed by atoms with Crippen LogP contribution in [0.25, 0.3) is 0 Å². The van der Waals surface area contributed by atoms with E-state index in [1.54, 1.807) is 13.8 Å². The average Bonchev–Trinajstić information content (AvgIpc) is 2.63. The van der Waals surface area contributed by atoms with Crippen LogP contribution in [0, 0.1) is 13.8 Å². The Morgan fingerprint density at radius 3 is 1.32 bits per heavy atom. The number of para-hydroxylation sites is 2. The van der Waals surface area contributed by atoms with Gasteiger partial charge in [0.25, 0.3) is 0 Å². The van der Waals surface area contributed by atoms with Crippen molar-refractivity contribution in [2.24, 2.45) is 9.98 Å². The summed E-state index contributed by atoms with van der Waals surface area (Å²) in [5, 5.41) is 0. The molecule has 0 atom stereocenters. The first-order valence-electron chi connectivity index (χ1n) is 9.97. The topological polar surface area (TPSA) is 41.8 Å². The molecule has 0 heterocycles. The molecule has 0 N–H and O–H groups in total. The van der Waals surface area contributed by atoms with Crippen LogP contribution in [0.4, 0.5) is 11.4 Å². The molecule has 0 radical (unpaired) electrons. The van der Waals surface area contributed by atoms with E-state index >= 15 is 0 Å². The molecule has 6 heteroatoms. The standard InChI is InChI=1S/C25H32N2O.2BrH.Ni/c1-15(2)21-13-9-11-17(5)23(21)26-19(7)25(28)20(8)27-24-18(6)12-10-14-22(24)16(3)4;;;/h9-16H,1-8H3;2*1H;/q;;;+2/p-2/b26-19-,27-20+;;;. The third-order valence-corrected chi connectivity index (χ3v) is 5.00. The summed E-state index contributed by atoms with van der Waals surface area (Å²) in [6, 6.07) is 12.3. The van der Waals surface area contributed by atoms with Crippen molar-refractivity contribution < 1.29 is 55.2 Å². The van der Waals surface area contributed by atoms with Crippen LogP contribution in [0.2, 0.25) is 0 Å². The molecule has 172 valence electrons. The van der Waals surface area contributed by atoms with E-state index in [2.05, 4.69) is 39.8 Å². The minimum absolute atomic E-state index is 0. The largest absolute Gasteiger partial charge is 2.00 e. The summed E-state index contributed by atoms with van der Waals surface area (Å²) in [5.41, 5.74) is 7.20. The molecule has 0 amide bonds. The van der Waals surface area contributed by atoms with E-state index in [0.717, 1.165) is 33.6 Å². The van der Waals surface area contributed by atoms with Crippen molar-refractivity contribution in [2.45, 2.75) is 67.2 Å². The first-order chi connectivity index (χ1) is 13.1. The quantitative estimate of drug-likeness (QED) is 0.364. The fourth-order valence-corrected chi connectivity index (χ4v) is 3.30. The first-order valence-corrected chi connectivity index (χ1v) is 9.97. The Morgan fingerprint density at radius 1 is 0.710 bits per heavy atom. The van der Waals surface area contributed by atoms with Gasteiger partial charge < -0.3 is 34.0 Å². The van der Waals surface area contributed by atoms with Crippen LogP contribution in [0.1, 0.15) is 75.6 Å². The predicted octanol–water partition coefficient (Wildman–Crippen LogP) is 1.01. The van der Waals surface area contributed by atoms with Gasteiger partial charge in [-0.15, -0.1) is 0 Å². The van der Waals surface area contributed by atoms with Crippen LogP contribution in [0.15, 0.2) is 46.4 Å². The van der Waals surface area contributed by atoms with Crippen molar-refractivity contribution in [1.29, 1.82) is 0 Å². The second kappa shape index (κ2) is 14.1. The fourth-order valence-electron chi connectivity index (χ4n) is 3.30. The van der Waals surface area contributed by atoms with Gasteiger partial charge in [-0.1, -0.05) is 64.1 Å². The molecular weight excluding hydrogens is 563 g/mol. The Kier molecular flexibility index (Phi) is 14.6. The maximum Gasteiger partial charge on any atom is 2.00 e. The number of hydrogen-bond donors (Lipinski definition) is 0. The minimum Gasteiger partial charge on any atom is -1.00 e. The molecular formula is C25H32Br2N2NiO. The molecule has 2 rings (SSSR count). The van der Waals surface area contributed by atoms with Crippen LogP contribution < -0.4 is 34.0 Å². The molecule has 2 aromatic rings. The Bertz CT molecular complexity index is 875. The monoisotopic (exact) mass is 592 g/mol. The van der Waals surface area contributed by atoms with Crippen LogP contribution in [-0.4, -0.2) is 17.2 Å². The molecule has 0 aliphatic rings. The summed E-state index contributed by atoms with van der Waals surface area (Å²) in [6.45, 7) is 16.2. The number of benzene rings is 2. The zero-order valence-electron chi connectivity index (χ0n) is 19.5. The van der Waals surface area contributed by atoms with Crippen LogP contribution in [0.5, 0.6) is 0 Å². The number of carbonyl (C=O) groups is 1. The maximum atomic E-state index is 13.0. The number of aryl methyl sites for hydroxylation is 2. The van der Waals surface area contributed by atoms with Gasteiger partial charge in [0.15, 0.2) is 0 Å². The van der Waals surface area contributed by atoms with Crippen molar-refractivity contribution in [3.05, 3.63) is 58.7 Å². The van der Waals surface area contributed by atoms with E-state index in [-0.39, 0.29) is 56.2 Å². The van der Waals surface area contributed by atoms with Gasteiger partial charge in [0, 0.05) is 0 Å². The van der Waals surface area contributed by atoms with Crippen molar-refractivity contribution >= 4 is 28.6 Å².